The first-order valence-corrected chi connectivity index (χ1v) is 26.3. The molecule has 3 heterocycles. The number of ether oxygens (including phenoxy) is 5. The molecule has 0 atom stereocenters. The van der Waals surface area contributed by atoms with Gasteiger partial charge in [-0.25, -0.2) is 0 Å². The van der Waals surface area contributed by atoms with Gasteiger partial charge in [-0.1, -0.05) is 121 Å². The van der Waals surface area contributed by atoms with Crippen LogP contribution in [0.1, 0.15) is 130 Å². The van der Waals surface area contributed by atoms with Crippen LogP contribution < -0.4 is 23.7 Å². The molecule has 8 aromatic rings. The van der Waals surface area contributed by atoms with Crippen molar-refractivity contribution in [1.82, 2.24) is 0 Å². The highest BCUT2D eigenvalue weighted by Gasteiger charge is 2.39. The SMILES string of the molecule is COc1cc(C(C)(C)C)c2op(-c3cccc4c3Oc3c(-p5oc6c(C(C)(C)C)cc(OC)cc6c6cc(OC)cc(C(C)(C)C)c6o5)cccc3C4(C)C)oc3c(C(C)(C)C)cc(OC)cc3c2c1. The zero-order valence-corrected chi connectivity index (χ0v) is 45.9. The van der Waals surface area contributed by atoms with Crippen LogP contribution in [-0.2, 0) is 27.1 Å². The van der Waals surface area contributed by atoms with Crippen LogP contribution in [0.25, 0.3) is 54.5 Å². The van der Waals surface area contributed by atoms with Crippen LogP contribution in [0.3, 0.4) is 0 Å². The van der Waals surface area contributed by atoms with Crippen molar-refractivity contribution in [2.75, 3.05) is 28.4 Å². The molecule has 0 spiro atoms. The van der Waals surface area contributed by atoms with Crippen LogP contribution in [0, 0.1) is 0 Å². The minimum atomic E-state index is -1.90. The van der Waals surface area contributed by atoms with Gasteiger partial charge in [0, 0.05) is 60.3 Å². The zero-order chi connectivity index (χ0) is 50.6. The smallest absolute Gasteiger partial charge is 0.256 e. The van der Waals surface area contributed by atoms with E-state index in [2.05, 4.69) is 158 Å². The fraction of sp³-hybridized carbons (Fsp3) is 0.390. The molecule has 0 saturated carbocycles. The Hall–Kier alpha value is -5.88. The summed E-state index contributed by atoms with van der Waals surface area (Å²) >= 11 is 0. The van der Waals surface area contributed by atoms with Crippen molar-refractivity contribution in [3.8, 4) is 45.1 Å². The standard InChI is InChI=1S/C59H68O9P2/c1-55(2,3)43-29-33(60-15)25-37-38-26-34(61-16)30-44(56(4,5)6)50(38)66-69(65-49(37)43)47-23-19-21-41-53(47)64-54-42(59(41,13)14)22-20-24-48(54)70-67-51-39(27-35(62-17)31-45(51)57(7,8)9)40-28-36(63-18)32-46(52(40)68-70)58(10,11)12/h19-32H,1-18H3. The summed E-state index contributed by atoms with van der Waals surface area (Å²) in [5, 5.41) is 5.11. The normalized spacial score (nSPS) is 13.8. The molecule has 11 heteroatoms. The van der Waals surface area contributed by atoms with E-state index in [1.807, 2.05) is 24.3 Å². The Morgan fingerprint density at radius 3 is 0.871 bits per heavy atom. The van der Waals surface area contributed by atoms with Crippen molar-refractivity contribution in [3.63, 3.8) is 0 Å². The maximum Gasteiger partial charge on any atom is 0.256 e. The van der Waals surface area contributed by atoms with E-state index in [1.165, 1.54) is 0 Å². The van der Waals surface area contributed by atoms with E-state index in [4.69, 9.17) is 40.5 Å². The fourth-order valence-electron chi connectivity index (χ4n) is 9.65. The second-order valence-electron chi connectivity index (χ2n) is 23.1. The molecule has 0 aliphatic carbocycles. The Morgan fingerprint density at radius 2 is 0.643 bits per heavy atom. The van der Waals surface area contributed by atoms with E-state index in [1.54, 1.807) is 28.4 Å². The van der Waals surface area contributed by atoms with Crippen LogP contribution in [0.2, 0.25) is 0 Å². The van der Waals surface area contributed by atoms with E-state index in [0.29, 0.717) is 11.5 Å². The first-order chi connectivity index (χ1) is 32.8. The van der Waals surface area contributed by atoms with Gasteiger partial charge in [-0.05, 0) is 82.3 Å². The molecular formula is C59H68O9P2. The van der Waals surface area contributed by atoms with Crippen molar-refractivity contribution >= 4 is 59.9 Å². The van der Waals surface area contributed by atoms with Crippen molar-refractivity contribution in [2.45, 2.75) is 124 Å². The highest BCUT2D eigenvalue weighted by molar-refractivity contribution is 7.46. The van der Waals surface area contributed by atoms with E-state index in [0.717, 1.165) is 111 Å². The van der Waals surface area contributed by atoms with Crippen LogP contribution >= 0.6 is 16.0 Å². The molecule has 70 heavy (non-hydrogen) atoms. The number of benzene rings is 6. The second kappa shape index (κ2) is 17.2. The van der Waals surface area contributed by atoms with Crippen molar-refractivity contribution in [3.05, 3.63) is 118 Å². The summed E-state index contributed by atoms with van der Waals surface area (Å²) in [5.41, 5.74) is 7.11. The van der Waals surface area contributed by atoms with Gasteiger partial charge in [0.15, 0.2) is 0 Å². The zero-order valence-electron chi connectivity index (χ0n) is 44.2. The Morgan fingerprint density at radius 1 is 0.386 bits per heavy atom. The maximum absolute atomic E-state index is 7.48. The Kier molecular flexibility index (Phi) is 12.0. The first kappa shape index (κ1) is 49.1. The quantitative estimate of drug-likeness (QED) is 0.161. The van der Waals surface area contributed by atoms with Crippen molar-refractivity contribution < 1.29 is 40.5 Å². The highest BCUT2D eigenvalue weighted by atomic mass is 31.1. The van der Waals surface area contributed by atoms with Crippen molar-refractivity contribution in [1.29, 1.82) is 0 Å². The molecule has 368 valence electrons. The molecule has 0 fully saturated rings. The van der Waals surface area contributed by atoms with Gasteiger partial charge in [0.2, 0.25) is 0 Å². The molecule has 1 aliphatic rings. The lowest BCUT2D eigenvalue weighted by atomic mass is 9.76. The molecule has 9 nitrogen and oxygen atoms in total. The molecule has 1 aliphatic heterocycles. The maximum atomic E-state index is 7.48. The largest absolute Gasteiger partial charge is 0.497 e. The molecule has 0 unspecified atom stereocenters. The van der Waals surface area contributed by atoms with E-state index < -0.39 is 21.4 Å². The minimum absolute atomic E-state index is 0.327. The summed E-state index contributed by atoms with van der Waals surface area (Å²) in [6, 6.07) is 29.2. The van der Waals surface area contributed by atoms with Gasteiger partial charge in [0.05, 0.1) is 28.4 Å². The minimum Gasteiger partial charge on any atom is -0.497 e. The predicted molar refractivity (Wildman–Crippen MR) is 289 cm³/mol. The van der Waals surface area contributed by atoms with Crippen LogP contribution in [0.15, 0.2) is 102 Å². The topological polar surface area (TPSA) is 98.7 Å². The van der Waals surface area contributed by atoms with Gasteiger partial charge in [-0.15, -0.1) is 0 Å². The van der Waals surface area contributed by atoms with Gasteiger partial charge in [0.25, 0.3) is 16.0 Å². The van der Waals surface area contributed by atoms with Gasteiger partial charge < -0.3 is 40.5 Å². The molecule has 0 bridgehead atoms. The van der Waals surface area contributed by atoms with E-state index in [-0.39, 0.29) is 21.7 Å². The summed E-state index contributed by atoms with van der Waals surface area (Å²) in [6.07, 6.45) is 0. The van der Waals surface area contributed by atoms with Crippen LogP contribution in [0.4, 0.5) is 0 Å². The number of hydrogen-bond acceptors (Lipinski definition) is 9. The molecule has 0 saturated heterocycles. The molecule has 2 aromatic heterocycles. The van der Waals surface area contributed by atoms with Gasteiger partial charge in [-0.3, -0.25) is 0 Å². The highest BCUT2D eigenvalue weighted by Crippen LogP contribution is 2.61. The Bertz CT molecular complexity index is 3080. The third-order valence-electron chi connectivity index (χ3n) is 13.6. The van der Waals surface area contributed by atoms with E-state index >= 15 is 0 Å². The van der Waals surface area contributed by atoms with Crippen molar-refractivity contribution in [2.24, 2.45) is 0 Å². The average molecular weight is 983 g/mol. The fourth-order valence-corrected chi connectivity index (χ4v) is 12.6. The summed E-state index contributed by atoms with van der Waals surface area (Å²) < 4.78 is 61.0. The average Bonchev–Trinajstić information content (AvgIpc) is 3.56. The van der Waals surface area contributed by atoms with E-state index in [9.17, 15) is 0 Å². The van der Waals surface area contributed by atoms with Crippen LogP contribution in [-0.4, -0.2) is 28.4 Å². The number of hydrogen-bond donors (Lipinski definition) is 0. The molecule has 0 N–H and O–H groups in total. The number of methoxy groups -OCH3 is 4. The third kappa shape index (κ3) is 8.41. The van der Waals surface area contributed by atoms with Gasteiger partial charge in [-0.2, -0.15) is 0 Å². The monoisotopic (exact) mass is 982 g/mol. The van der Waals surface area contributed by atoms with Gasteiger partial charge >= 0.3 is 0 Å². The number of rotatable bonds is 6. The predicted octanol–water partition coefficient (Wildman–Crippen LogP) is 18.5. The molecule has 6 aromatic carbocycles. The van der Waals surface area contributed by atoms with Gasteiger partial charge in [0.1, 0.15) is 67.4 Å². The molecule has 0 radical (unpaired) electrons. The number of para-hydroxylation sites is 2. The lowest BCUT2D eigenvalue weighted by Crippen LogP contribution is -2.24. The summed E-state index contributed by atoms with van der Waals surface area (Å²) in [6.45, 7) is 30.8. The lowest BCUT2D eigenvalue weighted by molar-refractivity contribution is 0.413. The first-order valence-electron chi connectivity index (χ1n) is 24.0. The lowest BCUT2D eigenvalue weighted by Gasteiger charge is -2.35. The third-order valence-corrected chi connectivity index (χ3v) is 16.5. The number of fused-ring (bicyclic) bond motifs is 8. The summed E-state index contributed by atoms with van der Waals surface area (Å²) in [5.74, 6) is 4.29. The second-order valence-corrected chi connectivity index (χ2v) is 25.8. The summed E-state index contributed by atoms with van der Waals surface area (Å²) in [7, 11) is 3.02. The Balaban J connectivity index is 1.40. The Labute approximate surface area is 414 Å². The molecular weight excluding hydrogens is 915 g/mol. The summed E-state index contributed by atoms with van der Waals surface area (Å²) in [4.78, 5) is 0. The molecule has 9 rings (SSSR count). The van der Waals surface area contributed by atoms with Crippen LogP contribution in [0.5, 0.6) is 34.5 Å². The molecule has 0 amide bonds.